The zero-order valence-electron chi connectivity index (χ0n) is 13.4. The molecule has 0 radical (unpaired) electrons. The molecule has 7 heteroatoms. The van der Waals surface area contributed by atoms with Crippen molar-refractivity contribution in [1.82, 2.24) is 0 Å². The number of piperidine rings is 1. The van der Waals surface area contributed by atoms with Crippen LogP contribution in [-0.2, 0) is 5.60 Å². The van der Waals surface area contributed by atoms with E-state index in [9.17, 15) is 15.2 Å². The van der Waals surface area contributed by atoms with Gasteiger partial charge in [0.25, 0.3) is 5.69 Å². The lowest BCUT2D eigenvalue weighted by Gasteiger charge is -2.39. The molecule has 128 valence electrons. The van der Waals surface area contributed by atoms with Gasteiger partial charge < -0.3 is 10.0 Å². The molecule has 2 aromatic rings. The maximum atomic E-state index is 11.3. The highest BCUT2D eigenvalue weighted by Crippen LogP contribution is 2.39. The predicted molar refractivity (Wildman–Crippen MR) is 94.6 cm³/mol. The highest BCUT2D eigenvalue weighted by atomic mass is 35.5. The molecule has 0 spiro atoms. The van der Waals surface area contributed by atoms with Crippen LogP contribution in [-0.4, -0.2) is 23.1 Å². The molecule has 1 heterocycles. The number of aliphatic hydroxyl groups is 1. The average Bonchev–Trinajstić information content (AvgIpc) is 2.62. The summed E-state index contributed by atoms with van der Waals surface area (Å²) in [5.74, 6) is 0. The highest BCUT2D eigenvalue weighted by Gasteiger charge is 2.36. The molecule has 1 fully saturated rings. The third-order valence-electron chi connectivity index (χ3n) is 4.61. The molecular formula is C18H16ClN3O3. The Balaban J connectivity index is 1.85. The summed E-state index contributed by atoms with van der Waals surface area (Å²) < 4.78 is 0. The van der Waals surface area contributed by atoms with Crippen LogP contribution in [0.3, 0.4) is 0 Å². The quantitative estimate of drug-likeness (QED) is 0.669. The summed E-state index contributed by atoms with van der Waals surface area (Å²) in [6, 6.07) is 13.5. The van der Waals surface area contributed by atoms with Crippen molar-refractivity contribution < 1.29 is 10.0 Å². The van der Waals surface area contributed by atoms with E-state index in [2.05, 4.69) is 0 Å². The third-order valence-corrected chi connectivity index (χ3v) is 4.94. The molecule has 2 aromatic carbocycles. The van der Waals surface area contributed by atoms with E-state index in [1.165, 1.54) is 6.07 Å². The minimum atomic E-state index is -1.05. The summed E-state index contributed by atoms with van der Waals surface area (Å²) in [7, 11) is 0. The van der Waals surface area contributed by atoms with Crippen LogP contribution in [0.25, 0.3) is 0 Å². The van der Waals surface area contributed by atoms with Crippen LogP contribution in [0.5, 0.6) is 0 Å². The fraction of sp³-hybridized carbons (Fsp3) is 0.278. The van der Waals surface area contributed by atoms with Crippen molar-refractivity contribution in [1.29, 1.82) is 5.26 Å². The van der Waals surface area contributed by atoms with Crippen LogP contribution >= 0.6 is 11.6 Å². The van der Waals surface area contributed by atoms with Gasteiger partial charge in [0.1, 0.15) is 5.69 Å². The van der Waals surface area contributed by atoms with Gasteiger partial charge >= 0.3 is 0 Å². The van der Waals surface area contributed by atoms with Gasteiger partial charge in [0.05, 0.1) is 22.2 Å². The normalized spacial score (nSPS) is 16.3. The predicted octanol–water partition coefficient (Wildman–Crippen LogP) is 3.61. The molecule has 1 saturated heterocycles. The van der Waals surface area contributed by atoms with Crippen LogP contribution in [0, 0.1) is 21.4 Å². The van der Waals surface area contributed by atoms with Crippen molar-refractivity contribution >= 4 is 23.0 Å². The first-order chi connectivity index (χ1) is 11.9. The Morgan fingerprint density at radius 1 is 1.24 bits per heavy atom. The Kier molecular flexibility index (Phi) is 4.62. The van der Waals surface area contributed by atoms with E-state index in [-0.39, 0.29) is 11.3 Å². The van der Waals surface area contributed by atoms with Crippen LogP contribution in [0.1, 0.15) is 24.0 Å². The largest absolute Gasteiger partial charge is 0.385 e. The molecule has 25 heavy (non-hydrogen) atoms. The second-order valence-corrected chi connectivity index (χ2v) is 6.48. The summed E-state index contributed by atoms with van der Waals surface area (Å²) in [6.45, 7) is 0.906. The van der Waals surface area contributed by atoms with Gasteiger partial charge in [-0.2, -0.15) is 5.26 Å². The highest BCUT2D eigenvalue weighted by molar-refractivity contribution is 6.31. The topological polar surface area (TPSA) is 90.4 Å². The van der Waals surface area contributed by atoms with Crippen molar-refractivity contribution in [2.45, 2.75) is 18.4 Å². The first kappa shape index (κ1) is 17.2. The number of nitro benzene ring substituents is 1. The van der Waals surface area contributed by atoms with Crippen molar-refractivity contribution in [3.63, 3.8) is 0 Å². The van der Waals surface area contributed by atoms with Gasteiger partial charge in [-0.1, -0.05) is 29.8 Å². The molecule has 1 aliphatic rings. The second-order valence-electron chi connectivity index (χ2n) is 6.07. The van der Waals surface area contributed by atoms with Crippen LogP contribution < -0.4 is 4.90 Å². The Bertz CT molecular complexity index is 855. The summed E-state index contributed by atoms with van der Waals surface area (Å²) in [5, 5.41) is 31.7. The van der Waals surface area contributed by atoms with Crippen LogP contribution in [0.15, 0.2) is 42.5 Å². The Labute approximate surface area is 150 Å². The summed E-state index contributed by atoms with van der Waals surface area (Å²) in [6.07, 6.45) is 0.821. The van der Waals surface area contributed by atoms with Gasteiger partial charge in [0.2, 0.25) is 0 Å². The van der Waals surface area contributed by atoms with E-state index in [1.807, 2.05) is 29.2 Å². The minimum Gasteiger partial charge on any atom is -0.385 e. The van der Waals surface area contributed by atoms with Gasteiger partial charge in [0.15, 0.2) is 0 Å². The van der Waals surface area contributed by atoms with E-state index in [4.69, 9.17) is 16.9 Å². The smallest absolute Gasteiger partial charge is 0.293 e. The third kappa shape index (κ3) is 3.29. The molecule has 1 aliphatic heterocycles. The number of rotatable bonds is 3. The van der Waals surface area contributed by atoms with E-state index < -0.39 is 10.5 Å². The monoisotopic (exact) mass is 357 g/mol. The molecule has 0 amide bonds. The van der Waals surface area contributed by atoms with Gasteiger partial charge in [-0.25, -0.2) is 0 Å². The van der Waals surface area contributed by atoms with E-state index in [0.717, 1.165) is 0 Å². The first-order valence-electron chi connectivity index (χ1n) is 7.85. The number of anilines is 1. The van der Waals surface area contributed by atoms with Crippen molar-refractivity contribution in [2.75, 3.05) is 18.0 Å². The molecule has 0 aliphatic carbocycles. The molecule has 1 N–H and O–H groups in total. The maximum Gasteiger partial charge on any atom is 0.293 e. The van der Waals surface area contributed by atoms with Crippen molar-refractivity contribution in [3.05, 3.63) is 68.7 Å². The lowest BCUT2D eigenvalue weighted by atomic mass is 9.84. The number of benzene rings is 2. The van der Waals surface area contributed by atoms with E-state index >= 15 is 0 Å². The molecule has 3 rings (SSSR count). The van der Waals surface area contributed by atoms with Crippen molar-refractivity contribution in [3.8, 4) is 6.07 Å². The van der Waals surface area contributed by atoms with Crippen LogP contribution in [0.4, 0.5) is 11.4 Å². The maximum absolute atomic E-state index is 11.3. The number of hydrogen-bond acceptors (Lipinski definition) is 5. The lowest BCUT2D eigenvalue weighted by molar-refractivity contribution is -0.384. The number of nitrogens with zero attached hydrogens (tertiary/aromatic N) is 3. The fourth-order valence-electron chi connectivity index (χ4n) is 3.23. The Hall–Kier alpha value is -2.62. The average molecular weight is 358 g/mol. The summed E-state index contributed by atoms with van der Waals surface area (Å²) >= 11 is 6.21. The van der Waals surface area contributed by atoms with Gasteiger partial charge in [-0.05, 0) is 31.0 Å². The standard InChI is InChI=1S/C18H16ClN3O3/c19-15-4-2-1-3-14(15)18(23)7-9-21(10-8-18)16-6-5-13(12-20)11-17(16)22(24)25/h1-6,11,23H,7-10H2. The van der Waals surface area contributed by atoms with Crippen LogP contribution in [0.2, 0.25) is 5.02 Å². The summed E-state index contributed by atoms with van der Waals surface area (Å²) in [5.41, 5.74) is 0.258. The fourth-order valence-corrected chi connectivity index (χ4v) is 3.54. The summed E-state index contributed by atoms with van der Waals surface area (Å²) in [4.78, 5) is 12.7. The molecular weight excluding hydrogens is 342 g/mol. The van der Waals surface area contributed by atoms with Gasteiger partial charge in [-0.3, -0.25) is 10.1 Å². The second kappa shape index (κ2) is 6.71. The van der Waals surface area contributed by atoms with Gasteiger partial charge in [0, 0.05) is 29.7 Å². The Morgan fingerprint density at radius 2 is 1.92 bits per heavy atom. The van der Waals surface area contributed by atoms with Crippen molar-refractivity contribution in [2.24, 2.45) is 0 Å². The molecule has 0 unspecified atom stereocenters. The SMILES string of the molecule is N#Cc1ccc(N2CCC(O)(c3ccccc3Cl)CC2)c([N+](=O)[O-])c1. The minimum absolute atomic E-state index is 0.0952. The zero-order chi connectivity index (χ0) is 18.0. The Morgan fingerprint density at radius 3 is 2.52 bits per heavy atom. The lowest BCUT2D eigenvalue weighted by Crippen LogP contribution is -2.43. The molecule has 0 aromatic heterocycles. The zero-order valence-corrected chi connectivity index (χ0v) is 14.1. The number of nitriles is 1. The van der Waals surface area contributed by atoms with E-state index in [1.54, 1.807) is 18.2 Å². The first-order valence-corrected chi connectivity index (χ1v) is 8.23. The number of halogens is 1. The molecule has 0 atom stereocenters. The number of nitro groups is 1. The van der Waals surface area contributed by atoms with E-state index in [0.29, 0.717) is 42.2 Å². The van der Waals surface area contributed by atoms with Gasteiger partial charge in [-0.15, -0.1) is 0 Å². The molecule has 6 nitrogen and oxygen atoms in total. The number of hydrogen-bond donors (Lipinski definition) is 1. The molecule has 0 saturated carbocycles. The molecule has 0 bridgehead atoms.